The van der Waals surface area contributed by atoms with Gasteiger partial charge in [0.05, 0.1) is 23.1 Å². The second-order valence-corrected chi connectivity index (χ2v) is 8.14. The van der Waals surface area contributed by atoms with Gasteiger partial charge in [0.25, 0.3) is 5.56 Å². The third-order valence-electron chi connectivity index (χ3n) is 5.16. The number of halogens is 4. The zero-order valence-corrected chi connectivity index (χ0v) is 18.4. The highest BCUT2D eigenvalue weighted by Gasteiger charge is 2.35. The van der Waals surface area contributed by atoms with Crippen LogP contribution in [0.1, 0.15) is 5.56 Å². The quantitative estimate of drug-likeness (QED) is 0.298. The van der Waals surface area contributed by atoms with Crippen molar-refractivity contribution >= 4 is 27.0 Å². The van der Waals surface area contributed by atoms with Crippen LogP contribution < -0.4 is 5.56 Å². The van der Waals surface area contributed by atoms with E-state index in [-0.39, 0.29) is 22.4 Å². The van der Waals surface area contributed by atoms with Crippen LogP contribution in [0.3, 0.4) is 0 Å². The van der Waals surface area contributed by atoms with E-state index in [1.54, 1.807) is 48.5 Å². The highest BCUT2D eigenvalue weighted by atomic mass is 79.9. The molecule has 0 N–H and O–H groups in total. The first-order chi connectivity index (χ1) is 15.8. The average molecular weight is 511 g/mol. The van der Waals surface area contributed by atoms with Crippen molar-refractivity contribution in [1.29, 1.82) is 0 Å². The summed E-state index contributed by atoms with van der Waals surface area (Å²) in [6.45, 7) is 0. The third kappa shape index (κ3) is 3.74. The second-order valence-electron chi connectivity index (χ2n) is 7.22. The van der Waals surface area contributed by atoms with Crippen molar-refractivity contribution in [2.75, 3.05) is 0 Å². The van der Waals surface area contributed by atoms with Gasteiger partial charge in [-0.1, -0.05) is 52.3 Å². The lowest BCUT2D eigenvalue weighted by Gasteiger charge is -2.17. The maximum Gasteiger partial charge on any atom is 0.417 e. The van der Waals surface area contributed by atoms with Crippen molar-refractivity contribution in [3.63, 3.8) is 0 Å². The van der Waals surface area contributed by atoms with E-state index in [2.05, 4.69) is 26.0 Å². The Hall–Kier alpha value is -3.72. The molecule has 3 aromatic carbocycles. The number of para-hydroxylation sites is 1. The highest BCUT2D eigenvalue weighted by molar-refractivity contribution is 9.10. The van der Waals surface area contributed by atoms with Gasteiger partial charge in [0.15, 0.2) is 11.5 Å². The van der Waals surface area contributed by atoms with Crippen molar-refractivity contribution in [3.05, 3.63) is 105 Å². The standard InChI is InChI=1S/C24H14BrF3N4O/c25-15-10-12-16(13-11-15)31-21(18-8-4-5-9-20(18)24(26,27)28)30-22-19(23(31)33)14-29-32(22)17-6-2-1-3-7-17/h1-14H. The number of hydrogen-bond acceptors (Lipinski definition) is 3. The molecule has 0 saturated heterocycles. The summed E-state index contributed by atoms with van der Waals surface area (Å²) in [6, 6.07) is 20.8. The SMILES string of the molecule is O=c1c2cnn(-c3ccccc3)c2nc(-c2ccccc2C(F)(F)F)n1-c1ccc(Br)cc1. The van der Waals surface area contributed by atoms with E-state index in [1.807, 2.05) is 6.07 Å². The van der Waals surface area contributed by atoms with Crippen molar-refractivity contribution < 1.29 is 13.2 Å². The molecule has 0 atom stereocenters. The molecule has 0 fully saturated rings. The Kier molecular flexibility index (Phi) is 5.13. The molecule has 0 saturated carbocycles. The average Bonchev–Trinajstić information content (AvgIpc) is 3.24. The second kappa shape index (κ2) is 8.00. The first-order valence-electron chi connectivity index (χ1n) is 9.83. The summed E-state index contributed by atoms with van der Waals surface area (Å²) in [7, 11) is 0. The third-order valence-corrected chi connectivity index (χ3v) is 5.69. The summed E-state index contributed by atoms with van der Waals surface area (Å²) in [5.74, 6) is -0.125. The Bertz CT molecular complexity index is 1520. The minimum Gasteiger partial charge on any atom is -0.268 e. The largest absolute Gasteiger partial charge is 0.417 e. The molecule has 0 aliphatic rings. The summed E-state index contributed by atoms with van der Waals surface area (Å²) < 4.78 is 45.0. The molecule has 2 heterocycles. The number of nitrogens with zero attached hydrogens (tertiary/aromatic N) is 4. The Labute approximate surface area is 193 Å². The van der Waals surface area contributed by atoms with Crippen LogP contribution in [0.25, 0.3) is 33.8 Å². The fourth-order valence-electron chi connectivity index (χ4n) is 3.66. The Balaban J connectivity index is 1.90. The van der Waals surface area contributed by atoms with Gasteiger partial charge in [-0.05, 0) is 42.5 Å². The summed E-state index contributed by atoms with van der Waals surface area (Å²) >= 11 is 3.34. The molecule has 0 aliphatic heterocycles. The van der Waals surface area contributed by atoms with Crippen molar-refractivity contribution in [1.82, 2.24) is 19.3 Å². The van der Waals surface area contributed by atoms with Gasteiger partial charge in [0.1, 0.15) is 5.39 Å². The van der Waals surface area contributed by atoms with E-state index in [9.17, 15) is 18.0 Å². The molecule has 0 radical (unpaired) electrons. The predicted molar refractivity (Wildman–Crippen MR) is 123 cm³/mol. The lowest BCUT2D eigenvalue weighted by Crippen LogP contribution is -2.23. The molecule has 5 rings (SSSR count). The Morgan fingerprint density at radius 1 is 0.818 bits per heavy atom. The highest BCUT2D eigenvalue weighted by Crippen LogP contribution is 2.37. The van der Waals surface area contributed by atoms with E-state index in [4.69, 9.17) is 0 Å². The molecule has 0 amide bonds. The summed E-state index contributed by atoms with van der Waals surface area (Å²) in [6.07, 6.45) is -3.25. The topological polar surface area (TPSA) is 52.7 Å². The number of benzene rings is 3. The number of alkyl halides is 3. The van der Waals surface area contributed by atoms with E-state index in [0.717, 1.165) is 10.5 Å². The molecule has 0 aliphatic carbocycles. The summed E-state index contributed by atoms with van der Waals surface area (Å²) in [5, 5.41) is 4.48. The van der Waals surface area contributed by atoms with Crippen LogP contribution >= 0.6 is 15.9 Å². The normalized spacial score (nSPS) is 11.8. The summed E-state index contributed by atoms with van der Waals surface area (Å²) in [4.78, 5) is 18.2. The number of hydrogen-bond donors (Lipinski definition) is 0. The molecular formula is C24H14BrF3N4O. The Morgan fingerprint density at radius 2 is 1.48 bits per heavy atom. The van der Waals surface area contributed by atoms with E-state index in [1.165, 1.54) is 33.6 Å². The van der Waals surface area contributed by atoms with E-state index >= 15 is 0 Å². The van der Waals surface area contributed by atoms with Gasteiger partial charge in [-0.2, -0.15) is 18.3 Å². The maximum absolute atomic E-state index is 13.9. The fourth-order valence-corrected chi connectivity index (χ4v) is 3.93. The van der Waals surface area contributed by atoms with Crippen LogP contribution in [0.2, 0.25) is 0 Å². The zero-order chi connectivity index (χ0) is 23.2. The molecule has 5 nitrogen and oxygen atoms in total. The number of aromatic nitrogens is 4. The maximum atomic E-state index is 13.9. The summed E-state index contributed by atoms with van der Waals surface area (Å²) in [5.41, 5.74) is -0.406. The molecule has 0 bridgehead atoms. The van der Waals surface area contributed by atoms with Crippen LogP contribution in [0, 0.1) is 0 Å². The van der Waals surface area contributed by atoms with Gasteiger partial charge in [-0.3, -0.25) is 9.36 Å². The molecule has 9 heteroatoms. The van der Waals surface area contributed by atoms with Crippen LogP contribution in [0.15, 0.2) is 94.3 Å². The van der Waals surface area contributed by atoms with E-state index in [0.29, 0.717) is 11.4 Å². The van der Waals surface area contributed by atoms with Crippen LogP contribution in [0.5, 0.6) is 0 Å². The van der Waals surface area contributed by atoms with Gasteiger partial charge in [-0.15, -0.1) is 0 Å². The van der Waals surface area contributed by atoms with Crippen LogP contribution in [-0.2, 0) is 6.18 Å². The van der Waals surface area contributed by atoms with Crippen molar-refractivity contribution in [3.8, 4) is 22.8 Å². The molecular weight excluding hydrogens is 497 g/mol. The molecule has 5 aromatic rings. The van der Waals surface area contributed by atoms with Gasteiger partial charge >= 0.3 is 6.18 Å². The monoisotopic (exact) mass is 510 g/mol. The molecule has 33 heavy (non-hydrogen) atoms. The van der Waals surface area contributed by atoms with Crippen LogP contribution in [-0.4, -0.2) is 19.3 Å². The smallest absolute Gasteiger partial charge is 0.268 e. The molecule has 164 valence electrons. The molecule has 2 aromatic heterocycles. The zero-order valence-electron chi connectivity index (χ0n) is 16.8. The van der Waals surface area contributed by atoms with Gasteiger partial charge in [-0.25, -0.2) is 9.67 Å². The van der Waals surface area contributed by atoms with Crippen molar-refractivity contribution in [2.45, 2.75) is 6.18 Å². The molecule has 0 spiro atoms. The fraction of sp³-hybridized carbons (Fsp3) is 0.0417. The van der Waals surface area contributed by atoms with Gasteiger partial charge in [0, 0.05) is 10.0 Å². The Morgan fingerprint density at radius 3 is 2.18 bits per heavy atom. The minimum atomic E-state index is -4.63. The first kappa shape index (κ1) is 21.1. The van der Waals surface area contributed by atoms with Crippen molar-refractivity contribution in [2.24, 2.45) is 0 Å². The van der Waals surface area contributed by atoms with E-state index < -0.39 is 17.3 Å². The number of rotatable bonds is 3. The van der Waals surface area contributed by atoms with Gasteiger partial charge in [0.2, 0.25) is 0 Å². The molecule has 0 unspecified atom stereocenters. The lowest BCUT2D eigenvalue weighted by molar-refractivity contribution is -0.137. The minimum absolute atomic E-state index is 0.125. The van der Waals surface area contributed by atoms with Gasteiger partial charge < -0.3 is 0 Å². The number of fused-ring (bicyclic) bond motifs is 1. The predicted octanol–water partition coefficient (Wildman–Crippen LogP) is 6.02. The lowest BCUT2D eigenvalue weighted by atomic mass is 10.1. The first-order valence-corrected chi connectivity index (χ1v) is 10.6. The van der Waals surface area contributed by atoms with Crippen LogP contribution in [0.4, 0.5) is 13.2 Å².